The van der Waals surface area contributed by atoms with Gasteiger partial charge in [-0.2, -0.15) is 5.10 Å². The lowest BCUT2D eigenvalue weighted by molar-refractivity contribution is 1.04. The minimum absolute atomic E-state index is 0.737. The molecule has 0 aliphatic carbocycles. The summed E-state index contributed by atoms with van der Waals surface area (Å²) in [5.74, 6) is 0.737. The summed E-state index contributed by atoms with van der Waals surface area (Å²) in [6.45, 7) is 7.32. The van der Waals surface area contributed by atoms with Crippen LogP contribution in [-0.4, -0.2) is 16.9 Å². The fourth-order valence-corrected chi connectivity index (χ4v) is 0.915. The number of H-pyrrole nitrogens is 1. The maximum Gasteiger partial charge on any atom is 0.154 e. The summed E-state index contributed by atoms with van der Waals surface area (Å²) in [4.78, 5) is 3.79. The molecule has 0 unspecified atom stereocenters. The Hall–Kier alpha value is -1.38. The van der Waals surface area contributed by atoms with E-state index in [1.807, 2.05) is 26.0 Å². The summed E-state index contributed by atoms with van der Waals surface area (Å²) < 4.78 is 0. The molecule has 1 aromatic heterocycles. The van der Waals surface area contributed by atoms with Gasteiger partial charge < -0.3 is 0 Å². The van der Waals surface area contributed by atoms with E-state index in [9.17, 15) is 0 Å². The van der Waals surface area contributed by atoms with Gasteiger partial charge in [0.15, 0.2) is 5.82 Å². The number of allylic oxidation sites excluding steroid dienone is 1. The van der Waals surface area contributed by atoms with Gasteiger partial charge in [-0.1, -0.05) is 12.2 Å². The highest BCUT2D eigenvalue weighted by atomic mass is 15.2. The third-order valence-electron chi connectivity index (χ3n) is 1.47. The van der Waals surface area contributed by atoms with Crippen LogP contribution >= 0.6 is 0 Å². The van der Waals surface area contributed by atoms with Crippen LogP contribution in [0.4, 0.5) is 5.82 Å². The highest BCUT2D eigenvalue weighted by Crippen LogP contribution is 2.19. The van der Waals surface area contributed by atoms with Crippen LogP contribution in [0.15, 0.2) is 11.1 Å². The minimum Gasteiger partial charge on any atom is -0.261 e. The maximum atomic E-state index is 4.00. The van der Waals surface area contributed by atoms with E-state index in [0.29, 0.717) is 0 Å². The molecule has 1 aromatic rings. The molecule has 0 saturated carbocycles. The number of nitrogens with zero attached hydrogens (tertiary/aromatic N) is 2. The van der Waals surface area contributed by atoms with E-state index in [1.165, 1.54) is 0 Å². The molecule has 1 N–H and O–H groups in total. The van der Waals surface area contributed by atoms with Gasteiger partial charge in [-0.15, -0.1) is 0 Å². The second-order valence-corrected chi connectivity index (χ2v) is 2.23. The molecule has 0 bridgehead atoms. The Balaban J connectivity index is 3.17. The van der Waals surface area contributed by atoms with Crippen molar-refractivity contribution in [3.8, 4) is 0 Å². The average Bonchev–Trinajstić information content (AvgIpc) is 2.34. The number of aromatic nitrogens is 2. The van der Waals surface area contributed by atoms with E-state index in [2.05, 4.69) is 21.9 Å². The zero-order chi connectivity index (χ0) is 8.27. The Morgan fingerprint density at radius 3 is 2.91 bits per heavy atom. The monoisotopic (exact) mass is 149 g/mol. The number of hydrogen-bond donors (Lipinski definition) is 1. The number of aliphatic imine (C=N–C) groups is 1. The number of rotatable bonds is 2. The molecule has 1 heterocycles. The van der Waals surface area contributed by atoms with E-state index >= 15 is 0 Å². The normalized spacial score (nSPS) is 10.7. The van der Waals surface area contributed by atoms with Gasteiger partial charge in [-0.25, -0.2) is 4.99 Å². The smallest absolute Gasteiger partial charge is 0.154 e. The van der Waals surface area contributed by atoms with Gasteiger partial charge in [0.1, 0.15) is 0 Å². The van der Waals surface area contributed by atoms with Crippen molar-refractivity contribution in [2.24, 2.45) is 4.99 Å². The molecule has 0 aliphatic rings. The van der Waals surface area contributed by atoms with Crippen molar-refractivity contribution in [1.29, 1.82) is 0 Å². The van der Waals surface area contributed by atoms with Crippen LogP contribution in [0.25, 0.3) is 6.08 Å². The predicted molar refractivity (Wildman–Crippen MR) is 47.2 cm³/mol. The number of aromatic amines is 1. The average molecular weight is 149 g/mol. The molecule has 3 heteroatoms. The standard InChI is InChI=1S/C8H11N3/c1-4-5-7-6(2)10-11-8(7)9-3/h4-5H,3H2,1-2H3,(H,10,11)/b5-4-. The lowest BCUT2D eigenvalue weighted by Crippen LogP contribution is -1.72. The van der Waals surface area contributed by atoms with Gasteiger partial charge in [-0.3, -0.25) is 5.10 Å². The first kappa shape index (κ1) is 7.72. The first-order valence-electron chi connectivity index (χ1n) is 3.44. The van der Waals surface area contributed by atoms with Gasteiger partial charge in [0.05, 0.1) is 5.69 Å². The van der Waals surface area contributed by atoms with Gasteiger partial charge in [0.2, 0.25) is 0 Å². The van der Waals surface area contributed by atoms with Crippen molar-refractivity contribution in [1.82, 2.24) is 10.2 Å². The second-order valence-electron chi connectivity index (χ2n) is 2.23. The summed E-state index contributed by atoms with van der Waals surface area (Å²) in [5, 5.41) is 6.77. The van der Waals surface area contributed by atoms with Crippen LogP contribution in [0, 0.1) is 6.92 Å². The zero-order valence-corrected chi connectivity index (χ0v) is 6.76. The second kappa shape index (κ2) is 3.14. The van der Waals surface area contributed by atoms with Gasteiger partial charge in [0.25, 0.3) is 0 Å². The fourth-order valence-electron chi connectivity index (χ4n) is 0.915. The van der Waals surface area contributed by atoms with E-state index in [1.54, 1.807) is 0 Å². The van der Waals surface area contributed by atoms with E-state index < -0.39 is 0 Å². The summed E-state index contributed by atoms with van der Waals surface area (Å²) >= 11 is 0. The van der Waals surface area contributed by atoms with Crippen molar-refractivity contribution >= 4 is 18.6 Å². The summed E-state index contributed by atoms with van der Waals surface area (Å²) in [6.07, 6.45) is 3.91. The molecule has 0 aliphatic heterocycles. The van der Waals surface area contributed by atoms with Crippen molar-refractivity contribution in [2.45, 2.75) is 13.8 Å². The maximum absolute atomic E-state index is 4.00. The Bertz CT molecular complexity index is 284. The summed E-state index contributed by atoms with van der Waals surface area (Å²) in [6, 6.07) is 0. The fraction of sp³-hybridized carbons (Fsp3) is 0.250. The number of nitrogens with one attached hydrogen (secondary N) is 1. The molecule has 0 amide bonds. The third kappa shape index (κ3) is 1.37. The largest absolute Gasteiger partial charge is 0.261 e. The molecule has 0 spiro atoms. The molecule has 11 heavy (non-hydrogen) atoms. The van der Waals surface area contributed by atoms with Gasteiger partial charge >= 0.3 is 0 Å². The topological polar surface area (TPSA) is 41.0 Å². The summed E-state index contributed by atoms with van der Waals surface area (Å²) in [7, 11) is 0. The van der Waals surface area contributed by atoms with Gasteiger partial charge in [0, 0.05) is 5.56 Å². The van der Waals surface area contributed by atoms with Gasteiger partial charge in [-0.05, 0) is 20.6 Å². The predicted octanol–water partition coefficient (Wildman–Crippen LogP) is 2.08. The zero-order valence-electron chi connectivity index (χ0n) is 6.76. The number of aryl methyl sites for hydroxylation is 1. The Morgan fingerprint density at radius 1 is 1.64 bits per heavy atom. The van der Waals surface area contributed by atoms with Crippen molar-refractivity contribution < 1.29 is 0 Å². The first-order chi connectivity index (χ1) is 5.29. The molecule has 1 rings (SSSR count). The van der Waals surface area contributed by atoms with Crippen molar-refractivity contribution in [3.05, 3.63) is 17.3 Å². The van der Waals surface area contributed by atoms with Crippen LogP contribution < -0.4 is 0 Å². The van der Waals surface area contributed by atoms with Crippen LogP contribution in [0.3, 0.4) is 0 Å². The molecule has 0 radical (unpaired) electrons. The van der Waals surface area contributed by atoms with Crippen LogP contribution in [-0.2, 0) is 0 Å². The van der Waals surface area contributed by atoms with Crippen LogP contribution in [0.2, 0.25) is 0 Å². The van der Waals surface area contributed by atoms with Crippen LogP contribution in [0.5, 0.6) is 0 Å². The Kier molecular flexibility index (Phi) is 2.21. The van der Waals surface area contributed by atoms with E-state index in [-0.39, 0.29) is 0 Å². The van der Waals surface area contributed by atoms with Crippen molar-refractivity contribution in [2.75, 3.05) is 0 Å². The molecule has 0 aromatic carbocycles. The van der Waals surface area contributed by atoms with Crippen LogP contribution in [0.1, 0.15) is 18.2 Å². The molecular formula is C8H11N3. The van der Waals surface area contributed by atoms with E-state index in [4.69, 9.17) is 0 Å². The molecule has 0 fully saturated rings. The SMILES string of the molecule is C=Nc1[nH]nc(C)c1/C=C\C. The first-order valence-corrected chi connectivity index (χ1v) is 3.44. The summed E-state index contributed by atoms with van der Waals surface area (Å²) in [5.41, 5.74) is 1.97. The molecule has 3 nitrogen and oxygen atoms in total. The lowest BCUT2D eigenvalue weighted by atomic mass is 10.2. The van der Waals surface area contributed by atoms with Crippen molar-refractivity contribution in [3.63, 3.8) is 0 Å². The highest BCUT2D eigenvalue weighted by Gasteiger charge is 2.02. The third-order valence-corrected chi connectivity index (χ3v) is 1.47. The molecule has 0 saturated heterocycles. The van der Waals surface area contributed by atoms with E-state index in [0.717, 1.165) is 17.1 Å². The quantitative estimate of drug-likeness (QED) is 0.642. The minimum atomic E-state index is 0.737. The lowest BCUT2D eigenvalue weighted by Gasteiger charge is -1.88. The molecular weight excluding hydrogens is 138 g/mol. The molecule has 58 valence electrons. The Labute approximate surface area is 65.9 Å². The number of hydrogen-bond acceptors (Lipinski definition) is 2. The molecule has 0 atom stereocenters. The highest BCUT2D eigenvalue weighted by molar-refractivity contribution is 5.64. The Morgan fingerprint density at radius 2 is 2.36 bits per heavy atom.